The predicted octanol–water partition coefficient (Wildman–Crippen LogP) is 1.41. The van der Waals surface area contributed by atoms with E-state index in [0.717, 1.165) is 30.0 Å². The second kappa shape index (κ2) is 5.73. The molecule has 1 unspecified atom stereocenters. The zero-order chi connectivity index (χ0) is 13.0. The number of aromatic nitrogens is 4. The van der Waals surface area contributed by atoms with Crippen LogP contribution in [0.25, 0.3) is 0 Å². The number of hydrogen-bond acceptors (Lipinski definition) is 4. The van der Waals surface area contributed by atoms with Gasteiger partial charge in [0.25, 0.3) is 0 Å². The Morgan fingerprint density at radius 3 is 2.78 bits per heavy atom. The summed E-state index contributed by atoms with van der Waals surface area (Å²) in [5.41, 5.74) is 3.10. The molecule has 0 saturated heterocycles. The third-order valence-electron chi connectivity index (χ3n) is 2.93. The number of nitrogens with one attached hydrogen (secondary N) is 1. The maximum Gasteiger partial charge on any atom is 0.0782 e. The highest BCUT2D eigenvalue weighted by atomic mass is 15.2. The van der Waals surface area contributed by atoms with Crippen LogP contribution in [0.4, 0.5) is 0 Å². The van der Waals surface area contributed by atoms with Crippen LogP contribution in [-0.2, 0) is 13.5 Å². The van der Waals surface area contributed by atoms with Crippen LogP contribution in [-0.4, -0.2) is 26.3 Å². The Balaban J connectivity index is 1.85. The van der Waals surface area contributed by atoms with Crippen molar-refractivity contribution < 1.29 is 0 Å². The van der Waals surface area contributed by atoms with Crippen molar-refractivity contribution in [3.63, 3.8) is 0 Å². The van der Waals surface area contributed by atoms with Gasteiger partial charge in [-0.15, -0.1) is 0 Å². The number of nitrogens with zero attached hydrogens (tertiary/aromatic N) is 4. The second-order valence-corrected chi connectivity index (χ2v) is 4.43. The Hall–Kier alpha value is -1.75. The van der Waals surface area contributed by atoms with E-state index in [9.17, 15) is 0 Å². The standard InChI is InChI=1S/C13H19N5/c1-10(13-11(2)15-7-8-16-13)14-6-4-12-5-9-18(3)17-12/h5,7-10,14H,4,6H2,1-3H3. The summed E-state index contributed by atoms with van der Waals surface area (Å²) in [5, 5.41) is 7.79. The van der Waals surface area contributed by atoms with Crippen LogP contribution >= 0.6 is 0 Å². The first-order valence-electron chi connectivity index (χ1n) is 6.16. The highest BCUT2D eigenvalue weighted by Gasteiger charge is 2.09. The number of rotatable bonds is 5. The summed E-state index contributed by atoms with van der Waals surface area (Å²) in [7, 11) is 1.93. The Labute approximate surface area is 107 Å². The Morgan fingerprint density at radius 2 is 2.11 bits per heavy atom. The molecule has 0 aromatic carbocycles. The van der Waals surface area contributed by atoms with Gasteiger partial charge in [-0.1, -0.05) is 0 Å². The SMILES string of the molecule is Cc1nccnc1C(C)NCCc1ccn(C)n1. The first-order valence-corrected chi connectivity index (χ1v) is 6.16. The van der Waals surface area contributed by atoms with Gasteiger partial charge < -0.3 is 5.32 Å². The van der Waals surface area contributed by atoms with Crippen molar-refractivity contribution in [1.29, 1.82) is 0 Å². The van der Waals surface area contributed by atoms with Gasteiger partial charge in [-0.2, -0.15) is 5.10 Å². The van der Waals surface area contributed by atoms with Crippen molar-refractivity contribution in [1.82, 2.24) is 25.1 Å². The third kappa shape index (κ3) is 3.13. The molecule has 2 heterocycles. The van der Waals surface area contributed by atoms with Gasteiger partial charge in [0.2, 0.25) is 0 Å². The highest BCUT2D eigenvalue weighted by molar-refractivity contribution is 5.12. The molecule has 0 fully saturated rings. The summed E-state index contributed by atoms with van der Waals surface area (Å²) >= 11 is 0. The van der Waals surface area contributed by atoms with Crippen LogP contribution in [0.1, 0.15) is 30.0 Å². The molecule has 0 saturated carbocycles. The van der Waals surface area contributed by atoms with Crippen molar-refractivity contribution in [2.75, 3.05) is 6.54 Å². The zero-order valence-electron chi connectivity index (χ0n) is 11.1. The molecule has 0 aliphatic carbocycles. The molecule has 1 N–H and O–H groups in total. The van der Waals surface area contributed by atoms with E-state index >= 15 is 0 Å². The summed E-state index contributed by atoms with van der Waals surface area (Å²) in [6, 6.07) is 2.25. The fourth-order valence-electron chi connectivity index (χ4n) is 1.95. The number of aryl methyl sites for hydroxylation is 2. The van der Waals surface area contributed by atoms with E-state index in [2.05, 4.69) is 27.3 Å². The van der Waals surface area contributed by atoms with Crippen LogP contribution in [0.3, 0.4) is 0 Å². The minimum absolute atomic E-state index is 0.211. The van der Waals surface area contributed by atoms with Crippen LogP contribution in [0.15, 0.2) is 24.7 Å². The smallest absolute Gasteiger partial charge is 0.0782 e. The minimum Gasteiger partial charge on any atom is -0.308 e. The molecule has 0 aliphatic rings. The van der Waals surface area contributed by atoms with Gasteiger partial charge in [0.15, 0.2) is 0 Å². The zero-order valence-corrected chi connectivity index (χ0v) is 11.1. The fourth-order valence-corrected chi connectivity index (χ4v) is 1.95. The summed E-state index contributed by atoms with van der Waals surface area (Å²) in [6.45, 7) is 4.98. The third-order valence-corrected chi connectivity index (χ3v) is 2.93. The number of hydrogen-bond donors (Lipinski definition) is 1. The van der Waals surface area contributed by atoms with Crippen LogP contribution in [0, 0.1) is 6.92 Å². The van der Waals surface area contributed by atoms with E-state index in [4.69, 9.17) is 0 Å². The lowest BCUT2D eigenvalue weighted by atomic mass is 10.2. The van der Waals surface area contributed by atoms with Crippen molar-refractivity contribution in [3.8, 4) is 0 Å². The predicted molar refractivity (Wildman–Crippen MR) is 70.1 cm³/mol. The van der Waals surface area contributed by atoms with Gasteiger partial charge in [-0.25, -0.2) is 0 Å². The average molecular weight is 245 g/mol. The monoisotopic (exact) mass is 245 g/mol. The summed E-state index contributed by atoms with van der Waals surface area (Å²) < 4.78 is 1.82. The molecule has 5 heteroatoms. The lowest BCUT2D eigenvalue weighted by Gasteiger charge is -2.14. The molecule has 2 aromatic heterocycles. The van der Waals surface area contributed by atoms with Crippen LogP contribution < -0.4 is 5.32 Å². The van der Waals surface area contributed by atoms with Gasteiger partial charge in [0, 0.05) is 44.6 Å². The Morgan fingerprint density at radius 1 is 1.33 bits per heavy atom. The van der Waals surface area contributed by atoms with Crippen molar-refractivity contribution in [2.24, 2.45) is 7.05 Å². The first-order chi connectivity index (χ1) is 8.66. The van der Waals surface area contributed by atoms with E-state index in [0.29, 0.717) is 0 Å². The van der Waals surface area contributed by atoms with Crippen LogP contribution in [0.2, 0.25) is 0 Å². The fraction of sp³-hybridized carbons (Fsp3) is 0.462. The molecule has 0 spiro atoms. The van der Waals surface area contributed by atoms with E-state index in [1.54, 1.807) is 12.4 Å². The minimum atomic E-state index is 0.211. The second-order valence-electron chi connectivity index (χ2n) is 4.43. The van der Waals surface area contributed by atoms with Crippen molar-refractivity contribution >= 4 is 0 Å². The maximum absolute atomic E-state index is 4.36. The van der Waals surface area contributed by atoms with Gasteiger partial charge in [0.1, 0.15) is 0 Å². The van der Waals surface area contributed by atoms with Gasteiger partial charge in [0.05, 0.1) is 17.1 Å². The molecule has 0 bridgehead atoms. The van der Waals surface area contributed by atoms with Gasteiger partial charge in [-0.3, -0.25) is 14.6 Å². The average Bonchev–Trinajstić information content (AvgIpc) is 2.75. The quantitative estimate of drug-likeness (QED) is 0.865. The van der Waals surface area contributed by atoms with Crippen molar-refractivity contribution in [2.45, 2.75) is 26.3 Å². The maximum atomic E-state index is 4.36. The lowest BCUT2D eigenvalue weighted by molar-refractivity contribution is 0.553. The largest absolute Gasteiger partial charge is 0.308 e. The van der Waals surface area contributed by atoms with E-state index in [1.807, 2.05) is 30.9 Å². The van der Waals surface area contributed by atoms with E-state index in [1.165, 1.54) is 0 Å². The molecule has 2 aromatic rings. The lowest BCUT2D eigenvalue weighted by Crippen LogP contribution is -2.23. The molecular weight excluding hydrogens is 226 g/mol. The highest BCUT2D eigenvalue weighted by Crippen LogP contribution is 2.11. The molecule has 1 atom stereocenters. The Bertz CT molecular complexity index is 506. The molecule has 5 nitrogen and oxygen atoms in total. The van der Waals surface area contributed by atoms with E-state index in [-0.39, 0.29) is 6.04 Å². The molecule has 0 aliphatic heterocycles. The normalized spacial score (nSPS) is 12.6. The molecular formula is C13H19N5. The molecule has 0 radical (unpaired) electrons. The van der Waals surface area contributed by atoms with Crippen molar-refractivity contribution in [3.05, 3.63) is 41.7 Å². The topological polar surface area (TPSA) is 55.6 Å². The summed E-state index contributed by atoms with van der Waals surface area (Å²) in [6.07, 6.45) is 6.34. The van der Waals surface area contributed by atoms with Gasteiger partial charge in [-0.05, 0) is 19.9 Å². The molecule has 96 valence electrons. The summed E-state index contributed by atoms with van der Waals surface area (Å²) in [5.74, 6) is 0. The summed E-state index contributed by atoms with van der Waals surface area (Å²) in [4.78, 5) is 8.61. The first kappa shape index (κ1) is 12.7. The molecule has 2 rings (SSSR count). The van der Waals surface area contributed by atoms with Gasteiger partial charge >= 0.3 is 0 Å². The molecule has 18 heavy (non-hydrogen) atoms. The molecule has 0 amide bonds. The van der Waals surface area contributed by atoms with Crippen LogP contribution in [0.5, 0.6) is 0 Å². The Kier molecular flexibility index (Phi) is 4.04. The van der Waals surface area contributed by atoms with E-state index < -0.39 is 0 Å².